The van der Waals surface area contributed by atoms with E-state index in [9.17, 15) is 26.4 Å². The van der Waals surface area contributed by atoms with Gasteiger partial charge in [0.1, 0.15) is 11.3 Å². The van der Waals surface area contributed by atoms with E-state index in [-0.39, 0.29) is 45.5 Å². The van der Waals surface area contributed by atoms with E-state index < -0.39 is 25.8 Å². The van der Waals surface area contributed by atoms with E-state index in [0.717, 1.165) is 22.3 Å². The van der Waals surface area contributed by atoms with Crippen molar-refractivity contribution in [1.82, 2.24) is 19.9 Å². The van der Waals surface area contributed by atoms with Gasteiger partial charge in [-0.25, -0.2) is 36.5 Å². The Morgan fingerprint density at radius 2 is 1.09 bits per heavy atom. The van der Waals surface area contributed by atoms with Gasteiger partial charge in [0, 0.05) is 77.9 Å². The Kier molecular flexibility index (Phi) is 15.2. The van der Waals surface area contributed by atoms with Gasteiger partial charge in [-0.3, -0.25) is 19.0 Å². The molecule has 14 nitrogen and oxygen atoms in total. The fourth-order valence-electron chi connectivity index (χ4n) is 7.16. The molecule has 4 aromatic carbocycles. The number of hydrogen-bond donors (Lipinski definition) is 4. The minimum atomic E-state index is -3.71. The maximum Gasteiger partial charge on any atom is 0.232 e. The molecular formula is C48H36Br2Cl2N8O6S2. The van der Waals surface area contributed by atoms with Gasteiger partial charge in [0.2, 0.25) is 25.7 Å². The molecule has 0 unspecified atom stereocenters. The molecule has 0 aliphatic rings. The van der Waals surface area contributed by atoms with Gasteiger partial charge in [-0.1, -0.05) is 73.4 Å². The number of benzene rings is 4. The molecule has 0 saturated heterocycles. The van der Waals surface area contributed by atoms with Crippen LogP contribution >= 0.6 is 55.1 Å². The highest BCUT2D eigenvalue weighted by Gasteiger charge is 2.27. The summed E-state index contributed by atoms with van der Waals surface area (Å²) in [5.74, 6) is -1.02. The second-order valence-electron chi connectivity index (χ2n) is 15.0. The van der Waals surface area contributed by atoms with Crippen molar-refractivity contribution in [2.75, 3.05) is 20.9 Å². The zero-order chi connectivity index (χ0) is 48.9. The summed E-state index contributed by atoms with van der Waals surface area (Å²) in [6, 6.07) is 24.1. The van der Waals surface area contributed by atoms with Crippen molar-refractivity contribution in [3.63, 3.8) is 0 Å². The van der Waals surface area contributed by atoms with E-state index in [1.54, 1.807) is 74.9 Å². The fraction of sp³-hybridized carbons (Fsp3) is 0.125. The fourth-order valence-corrected chi connectivity index (χ4v) is 11.2. The lowest BCUT2D eigenvalue weighted by atomic mass is 9.98. The summed E-state index contributed by atoms with van der Waals surface area (Å²) in [5, 5.41) is 2.39. The van der Waals surface area contributed by atoms with Crippen molar-refractivity contribution in [3.05, 3.63) is 174 Å². The third kappa shape index (κ3) is 10.8. The standard InChI is InChI=1S/C25H18ClN5O3S.C23H18Br2ClN3O3S/c1-4-11-35(33,34)31-21-10-9-20(27-2)22(23(21)28-3)24(32)19-14-30-25-18(19)12-16(13-29-25)15-5-7-17(26)8-6-15;1-2-9-33(31,32)29-19-8-7-18(24)20(21(19)25)22(30)17-12-28-23-16(17)10-14(11-27-23)13-3-5-15(26)6-4-13/h5-10,12-14,31H,4,11H2,1H3,(H,29,30);3-8,10-12,29H,2,9H2,1H3,(H,27,28). The van der Waals surface area contributed by atoms with Gasteiger partial charge in [-0.15, -0.1) is 0 Å². The zero-order valence-electron chi connectivity index (χ0n) is 35.8. The van der Waals surface area contributed by atoms with Crippen LogP contribution in [-0.4, -0.2) is 59.8 Å². The molecule has 68 heavy (non-hydrogen) atoms. The third-order valence-electron chi connectivity index (χ3n) is 10.3. The summed E-state index contributed by atoms with van der Waals surface area (Å²) in [6.45, 7) is 18.7. The van der Waals surface area contributed by atoms with Gasteiger partial charge in [-0.05, 0) is 104 Å². The first-order chi connectivity index (χ1) is 32.5. The average Bonchev–Trinajstić information content (AvgIpc) is 3.94. The van der Waals surface area contributed by atoms with Crippen LogP contribution in [0, 0.1) is 13.1 Å². The van der Waals surface area contributed by atoms with Crippen molar-refractivity contribution in [1.29, 1.82) is 0 Å². The van der Waals surface area contributed by atoms with Crippen LogP contribution in [0.4, 0.5) is 22.7 Å². The lowest BCUT2D eigenvalue weighted by Gasteiger charge is -2.13. The normalized spacial score (nSPS) is 11.4. The van der Waals surface area contributed by atoms with Crippen LogP contribution in [0.2, 0.25) is 10.0 Å². The Labute approximate surface area is 418 Å². The van der Waals surface area contributed by atoms with Crippen LogP contribution in [0.25, 0.3) is 54.0 Å². The van der Waals surface area contributed by atoms with Crippen LogP contribution in [-0.2, 0) is 20.0 Å². The third-order valence-corrected chi connectivity index (χ3v) is 15.3. The number of sulfonamides is 2. The summed E-state index contributed by atoms with van der Waals surface area (Å²) < 4.78 is 55.0. The number of pyridine rings is 2. The van der Waals surface area contributed by atoms with Gasteiger partial charge in [0.25, 0.3) is 0 Å². The number of ketones is 2. The molecule has 8 rings (SSSR count). The molecular weight excluding hydrogens is 1080 g/mol. The Balaban J connectivity index is 0.000000202. The van der Waals surface area contributed by atoms with E-state index in [4.69, 9.17) is 36.3 Å². The molecule has 0 bridgehead atoms. The quantitative estimate of drug-likeness (QED) is 0.0610. The van der Waals surface area contributed by atoms with Crippen LogP contribution in [0.3, 0.4) is 0 Å². The number of carbonyl (C=O) groups excluding carboxylic acids is 2. The van der Waals surface area contributed by atoms with Crippen molar-refractivity contribution in [2.45, 2.75) is 26.7 Å². The minimum absolute atomic E-state index is 0.0135. The molecule has 0 atom stereocenters. The second-order valence-corrected chi connectivity index (χ2v) is 21.2. The number of anilines is 2. The number of carbonyl (C=O) groups is 2. The number of hydrogen-bond acceptors (Lipinski definition) is 8. The maximum absolute atomic E-state index is 13.7. The van der Waals surface area contributed by atoms with Gasteiger partial charge in [0.15, 0.2) is 17.3 Å². The molecule has 4 N–H and O–H groups in total. The van der Waals surface area contributed by atoms with Gasteiger partial charge >= 0.3 is 0 Å². The Bertz CT molecular complexity index is 3590. The molecule has 0 amide bonds. The van der Waals surface area contributed by atoms with E-state index >= 15 is 0 Å². The molecule has 0 radical (unpaired) electrons. The number of H-pyrrole nitrogens is 2. The van der Waals surface area contributed by atoms with Gasteiger partial charge < -0.3 is 9.97 Å². The highest BCUT2D eigenvalue weighted by atomic mass is 79.9. The monoisotopic (exact) mass is 1110 g/mol. The largest absolute Gasteiger partial charge is 0.345 e. The smallest absolute Gasteiger partial charge is 0.232 e. The predicted molar refractivity (Wildman–Crippen MR) is 276 cm³/mol. The highest BCUT2D eigenvalue weighted by molar-refractivity contribution is 9.11. The minimum Gasteiger partial charge on any atom is -0.345 e. The number of fused-ring (bicyclic) bond motifs is 2. The van der Waals surface area contributed by atoms with Gasteiger partial charge in [-0.2, -0.15) is 0 Å². The van der Waals surface area contributed by atoms with E-state index in [1.807, 2.05) is 30.3 Å². The molecule has 20 heteroatoms. The summed E-state index contributed by atoms with van der Waals surface area (Å²) >= 11 is 18.8. The molecule has 0 aliphatic carbocycles. The molecule has 0 aliphatic heterocycles. The van der Waals surface area contributed by atoms with Crippen LogP contribution in [0.5, 0.6) is 0 Å². The summed E-state index contributed by atoms with van der Waals surface area (Å²) in [4.78, 5) is 49.0. The Hall–Kier alpha value is -6.38. The second kappa shape index (κ2) is 20.9. The predicted octanol–water partition coefficient (Wildman–Crippen LogP) is 13.2. The number of nitrogens with zero attached hydrogens (tertiary/aromatic N) is 4. The van der Waals surface area contributed by atoms with E-state index in [0.29, 0.717) is 70.7 Å². The zero-order valence-corrected chi connectivity index (χ0v) is 42.1. The first-order valence-electron chi connectivity index (χ1n) is 20.4. The van der Waals surface area contributed by atoms with Crippen molar-refractivity contribution >= 4 is 131 Å². The Morgan fingerprint density at radius 3 is 1.54 bits per heavy atom. The molecule has 4 heterocycles. The van der Waals surface area contributed by atoms with Crippen LogP contribution < -0.4 is 9.44 Å². The number of aromatic amines is 2. The molecule has 344 valence electrons. The topological polar surface area (TPSA) is 193 Å². The summed E-state index contributed by atoms with van der Waals surface area (Å²) in [6.07, 6.45) is 7.33. The molecule has 4 aromatic heterocycles. The number of nitrogens with one attached hydrogen (secondary N) is 4. The average molecular weight is 1120 g/mol. The number of rotatable bonds is 14. The van der Waals surface area contributed by atoms with Crippen LogP contribution in [0.1, 0.15) is 58.5 Å². The number of aromatic nitrogens is 4. The van der Waals surface area contributed by atoms with E-state index in [1.165, 1.54) is 18.3 Å². The van der Waals surface area contributed by atoms with Gasteiger partial charge in [0.05, 0.1) is 46.1 Å². The number of halogens is 4. The first kappa shape index (κ1) is 49.5. The SMILES string of the molecule is CCCS(=O)(=O)Nc1ccc(Br)c(C(=O)c2c[nH]c3ncc(-c4ccc(Cl)cc4)cc23)c1Br.[C-]#[N+]c1ccc(NS(=O)(=O)CCC)c([N+]#[C-])c1C(=O)c1c[nH]c2ncc(-c3ccc(Cl)cc3)cc12. The Morgan fingerprint density at radius 1 is 0.632 bits per heavy atom. The molecule has 0 saturated carbocycles. The molecule has 0 spiro atoms. The van der Waals surface area contributed by atoms with E-state index in [2.05, 4.69) is 70.9 Å². The lowest BCUT2D eigenvalue weighted by Crippen LogP contribution is -2.17. The summed E-state index contributed by atoms with van der Waals surface area (Å²) in [7, 11) is -7.24. The highest BCUT2D eigenvalue weighted by Crippen LogP contribution is 2.40. The van der Waals surface area contributed by atoms with Crippen molar-refractivity contribution in [3.8, 4) is 22.3 Å². The summed E-state index contributed by atoms with van der Waals surface area (Å²) in [5.41, 5.74) is 5.16. The molecule has 8 aromatic rings. The maximum atomic E-state index is 13.7. The lowest BCUT2D eigenvalue weighted by molar-refractivity contribution is 0.103. The van der Waals surface area contributed by atoms with Crippen molar-refractivity contribution in [2.24, 2.45) is 0 Å². The molecule has 0 fully saturated rings. The van der Waals surface area contributed by atoms with Crippen molar-refractivity contribution < 1.29 is 26.4 Å². The first-order valence-corrected chi connectivity index (χ1v) is 26.1. The van der Waals surface area contributed by atoms with Crippen LogP contribution in [0.15, 0.2) is 119 Å².